The normalized spacial score (nSPS) is 15.7. The van der Waals surface area contributed by atoms with E-state index in [1.807, 2.05) is 48.8 Å². The van der Waals surface area contributed by atoms with Crippen molar-refractivity contribution >= 4 is 17.1 Å². The first kappa shape index (κ1) is 30.7. The van der Waals surface area contributed by atoms with Crippen LogP contribution in [0.3, 0.4) is 0 Å². The van der Waals surface area contributed by atoms with Crippen LogP contribution in [0.15, 0.2) is 170 Å². The molecule has 9 rings (SSSR count). The smallest absolute Gasteiger partial charge is 0.145 e. The molecule has 1 aliphatic heterocycles. The van der Waals surface area contributed by atoms with Crippen LogP contribution in [0.4, 0.5) is 17.1 Å². The molecule has 7 aromatic rings. The second-order valence-corrected chi connectivity index (χ2v) is 13.7. The van der Waals surface area contributed by atoms with Crippen LogP contribution in [0.5, 0.6) is 0 Å². The first-order valence-corrected chi connectivity index (χ1v) is 17.6. The average molecular weight is 660 g/mol. The number of hydrogen-bond acceptors (Lipinski definition) is 4. The first-order valence-electron chi connectivity index (χ1n) is 17.6. The predicted octanol–water partition coefficient (Wildman–Crippen LogP) is 11.4. The summed E-state index contributed by atoms with van der Waals surface area (Å²) in [4.78, 5) is 17.4. The number of nitrogens with zero attached hydrogens (tertiary/aromatic N) is 5. The molecule has 0 radical (unpaired) electrons. The lowest BCUT2D eigenvalue weighted by Crippen LogP contribution is -2.30. The van der Waals surface area contributed by atoms with Gasteiger partial charge in [-0.05, 0) is 95.9 Å². The Morgan fingerprint density at radius 1 is 0.608 bits per heavy atom. The Morgan fingerprint density at radius 2 is 1.22 bits per heavy atom. The zero-order valence-corrected chi connectivity index (χ0v) is 28.7. The van der Waals surface area contributed by atoms with Crippen molar-refractivity contribution in [2.45, 2.75) is 31.6 Å². The summed E-state index contributed by atoms with van der Waals surface area (Å²) in [5, 5.41) is 0. The van der Waals surface area contributed by atoms with E-state index in [2.05, 4.69) is 145 Å². The van der Waals surface area contributed by atoms with Crippen molar-refractivity contribution in [3.05, 3.63) is 187 Å². The molecule has 5 heteroatoms. The maximum absolute atomic E-state index is 5.38. The monoisotopic (exact) mass is 659 g/mol. The molecular weight excluding hydrogens is 623 g/mol. The minimum absolute atomic E-state index is 0.113. The van der Waals surface area contributed by atoms with Crippen LogP contribution in [0.1, 0.15) is 42.9 Å². The highest BCUT2D eigenvalue weighted by molar-refractivity contribution is 5.87. The lowest BCUT2D eigenvalue weighted by molar-refractivity contribution is 0.632. The number of benzene rings is 4. The van der Waals surface area contributed by atoms with Crippen LogP contribution in [0, 0.1) is 0 Å². The molecule has 0 amide bonds. The molecule has 0 saturated carbocycles. The van der Waals surface area contributed by atoms with Crippen molar-refractivity contribution in [1.29, 1.82) is 0 Å². The summed E-state index contributed by atoms with van der Waals surface area (Å²) in [6.07, 6.45) is 13.4. The minimum atomic E-state index is -0.113. The minimum Gasteiger partial charge on any atom is -0.310 e. The predicted molar refractivity (Wildman–Crippen MR) is 208 cm³/mol. The molecule has 1 aliphatic carbocycles. The highest BCUT2D eigenvalue weighted by atomic mass is 15.2. The lowest BCUT2D eigenvalue weighted by atomic mass is 9.73. The summed E-state index contributed by atoms with van der Waals surface area (Å²) in [5.41, 5.74) is 12.7. The Hall–Kier alpha value is -6.33. The number of anilines is 3. The summed E-state index contributed by atoms with van der Waals surface area (Å²) in [6, 6.07) is 47.2. The van der Waals surface area contributed by atoms with Gasteiger partial charge in [0.05, 0.1) is 22.8 Å². The van der Waals surface area contributed by atoms with E-state index in [1.54, 1.807) is 0 Å². The van der Waals surface area contributed by atoms with Crippen molar-refractivity contribution < 1.29 is 0 Å². The van der Waals surface area contributed by atoms with Crippen molar-refractivity contribution in [2.24, 2.45) is 0 Å². The third-order valence-corrected chi connectivity index (χ3v) is 10.3. The number of aromatic nitrogens is 4. The van der Waals surface area contributed by atoms with Crippen molar-refractivity contribution in [3.8, 4) is 39.9 Å². The number of imidazole rings is 1. The summed E-state index contributed by atoms with van der Waals surface area (Å²) in [5.74, 6) is 1.20. The third-order valence-electron chi connectivity index (χ3n) is 10.3. The molecule has 4 aromatic carbocycles. The molecular formula is C46H37N5. The summed E-state index contributed by atoms with van der Waals surface area (Å²) in [6.45, 7) is 4.64. The van der Waals surface area contributed by atoms with E-state index in [0.29, 0.717) is 5.92 Å². The van der Waals surface area contributed by atoms with Crippen molar-refractivity contribution in [1.82, 2.24) is 19.5 Å². The number of rotatable bonds is 6. The Kier molecular flexibility index (Phi) is 7.54. The fraction of sp³-hybridized carbons (Fsp3) is 0.109. The van der Waals surface area contributed by atoms with Crippen LogP contribution in [-0.4, -0.2) is 19.5 Å². The molecule has 0 saturated heterocycles. The number of allylic oxidation sites excluding steroid dienone is 4. The molecule has 5 nitrogen and oxygen atoms in total. The molecule has 0 spiro atoms. The fourth-order valence-electron chi connectivity index (χ4n) is 7.69. The Morgan fingerprint density at radius 3 is 1.82 bits per heavy atom. The zero-order valence-electron chi connectivity index (χ0n) is 28.7. The molecule has 2 aliphatic rings. The molecule has 0 N–H and O–H groups in total. The van der Waals surface area contributed by atoms with Gasteiger partial charge in [-0.15, -0.1) is 0 Å². The summed E-state index contributed by atoms with van der Waals surface area (Å²) in [7, 11) is 0. The molecule has 246 valence electrons. The Balaban J connectivity index is 1.21. The van der Waals surface area contributed by atoms with E-state index in [4.69, 9.17) is 15.0 Å². The molecule has 0 bridgehead atoms. The number of pyridine rings is 2. The van der Waals surface area contributed by atoms with Gasteiger partial charge in [0.15, 0.2) is 0 Å². The second-order valence-electron chi connectivity index (χ2n) is 13.7. The van der Waals surface area contributed by atoms with Crippen molar-refractivity contribution in [2.75, 3.05) is 4.90 Å². The first-order chi connectivity index (χ1) is 25.1. The Labute approximate surface area is 299 Å². The van der Waals surface area contributed by atoms with E-state index in [9.17, 15) is 0 Å². The van der Waals surface area contributed by atoms with Gasteiger partial charge in [0.1, 0.15) is 17.2 Å². The molecule has 0 fully saturated rings. The topological polar surface area (TPSA) is 46.8 Å². The van der Waals surface area contributed by atoms with Gasteiger partial charge in [0, 0.05) is 40.7 Å². The van der Waals surface area contributed by atoms with Gasteiger partial charge < -0.3 is 4.90 Å². The molecule has 3 aromatic heterocycles. The zero-order chi connectivity index (χ0) is 34.4. The molecule has 1 atom stereocenters. The second kappa shape index (κ2) is 12.5. The summed E-state index contributed by atoms with van der Waals surface area (Å²) >= 11 is 0. The molecule has 51 heavy (non-hydrogen) atoms. The third kappa shape index (κ3) is 5.29. The Bertz CT molecular complexity index is 2350. The number of para-hydroxylation sites is 2. The highest BCUT2D eigenvalue weighted by Crippen LogP contribution is 2.51. The van der Waals surface area contributed by atoms with E-state index < -0.39 is 0 Å². The van der Waals surface area contributed by atoms with Gasteiger partial charge in [-0.25, -0.2) is 4.98 Å². The SMILES string of the molecule is CC1(C)c2ccccc2N(c2ccc(-c3nc(-c4ccccn4)c(-c4ccccn4)n3-c3ccc(C4C=CC=CC4)cc3)cc2)c2ccccc21. The van der Waals surface area contributed by atoms with Crippen LogP contribution in [0.2, 0.25) is 0 Å². The lowest BCUT2D eigenvalue weighted by Gasteiger charge is -2.42. The number of hydrogen-bond donors (Lipinski definition) is 0. The van der Waals surface area contributed by atoms with Crippen LogP contribution in [-0.2, 0) is 5.41 Å². The van der Waals surface area contributed by atoms with Gasteiger partial charge in [-0.1, -0.05) is 98.8 Å². The highest BCUT2D eigenvalue weighted by Gasteiger charge is 2.36. The maximum Gasteiger partial charge on any atom is 0.145 e. The quantitative estimate of drug-likeness (QED) is 0.178. The largest absolute Gasteiger partial charge is 0.310 e. The fourth-order valence-corrected chi connectivity index (χ4v) is 7.69. The van der Waals surface area contributed by atoms with E-state index >= 15 is 0 Å². The van der Waals surface area contributed by atoms with Crippen LogP contribution in [0.25, 0.3) is 39.9 Å². The molecule has 4 heterocycles. The molecule has 1 unspecified atom stereocenters. The average Bonchev–Trinajstić information content (AvgIpc) is 3.60. The van der Waals surface area contributed by atoms with Gasteiger partial charge in [0.2, 0.25) is 0 Å². The van der Waals surface area contributed by atoms with Crippen molar-refractivity contribution in [3.63, 3.8) is 0 Å². The van der Waals surface area contributed by atoms with Gasteiger partial charge in [-0.2, -0.15) is 0 Å². The van der Waals surface area contributed by atoms with E-state index in [1.165, 1.54) is 28.1 Å². The van der Waals surface area contributed by atoms with Gasteiger partial charge in [-0.3, -0.25) is 14.5 Å². The van der Waals surface area contributed by atoms with Crippen LogP contribution >= 0.6 is 0 Å². The maximum atomic E-state index is 5.38. The van der Waals surface area contributed by atoms with E-state index in [-0.39, 0.29) is 5.41 Å². The summed E-state index contributed by atoms with van der Waals surface area (Å²) < 4.78 is 2.25. The number of fused-ring (bicyclic) bond motifs is 2. The van der Waals surface area contributed by atoms with Crippen LogP contribution < -0.4 is 4.90 Å². The van der Waals surface area contributed by atoms with E-state index in [0.717, 1.165) is 52.0 Å². The van der Waals surface area contributed by atoms with Gasteiger partial charge >= 0.3 is 0 Å². The standard InChI is InChI=1S/C46H37N5/c1-46(2)37-16-6-8-20-41(37)50(42-21-9-7-17-38(42)46)35-28-24-34(25-29-35)45-49-43(39-18-10-12-30-47-39)44(40-19-11-13-31-48-40)51(45)36-26-22-33(23-27-36)32-14-4-3-5-15-32/h3-14,16-32H,15H2,1-2H3. The van der Waals surface area contributed by atoms with Gasteiger partial charge in [0.25, 0.3) is 0 Å².